The van der Waals surface area contributed by atoms with Crippen molar-refractivity contribution in [2.75, 3.05) is 23.9 Å². The first-order valence-corrected chi connectivity index (χ1v) is 9.02. The number of anilines is 3. The SMILES string of the molecule is COc1ccc(C(=O)Nc2c(N)cccc2C(=O)c2cccc3c(N)noc23)cc1. The molecule has 4 aromatic rings. The first-order chi connectivity index (χ1) is 14.5. The van der Waals surface area contributed by atoms with Gasteiger partial charge in [-0.25, -0.2) is 0 Å². The van der Waals surface area contributed by atoms with Gasteiger partial charge in [-0.2, -0.15) is 0 Å². The van der Waals surface area contributed by atoms with Gasteiger partial charge in [-0.05, 0) is 48.5 Å². The second-order valence-electron chi connectivity index (χ2n) is 6.53. The van der Waals surface area contributed by atoms with Gasteiger partial charge in [0.2, 0.25) is 0 Å². The molecule has 30 heavy (non-hydrogen) atoms. The van der Waals surface area contributed by atoms with Crippen molar-refractivity contribution >= 4 is 39.9 Å². The van der Waals surface area contributed by atoms with Crippen molar-refractivity contribution in [2.45, 2.75) is 0 Å². The summed E-state index contributed by atoms with van der Waals surface area (Å²) in [4.78, 5) is 26.0. The van der Waals surface area contributed by atoms with Crippen molar-refractivity contribution in [2.24, 2.45) is 0 Å². The number of nitrogen functional groups attached to an aromatic ring is 2. The summed E-state index contributed by atoms with van der Waals surface area (Å²) < 4.78 is 10.3. The largest absolute Gasteiger partial charge is 0.497 e. The number of benzene rings is 3. The summed E-state index contributed by atoms with van der Waals surface area (Å²) in [6.45, 7) is 0. The number of carbonyl (C=O) groups excluding carboxylic acids is 2. The molecule has 0 unspecified atom stereocenters. The van der Waals surface area contributed by atoms with E-state index in [9.17, 15) is 9.59 Å². The number of amides is 1. The number of ether oxygens (including phenoxy) is 1. The number of aromatic nitrogens is 1. The third kappa shape index (κ3) is 3.30. The molecule has 5 N–H and O–H groups in total. The van der Waals surface area contributed by atoms with Crippen LogP contribution < -0.4 is 21.5 Å². The first-order valence-electron chi connectivity index (χ1n) is 9.02. The zero-order chi connectivity index (χ0) is 21.3. The number of nitrogens with zero attached hydrogens (tertiary/aromatic N) is 1. The fraction of sp³-hybridized carbons (Fsp3) is 0.0455. The molecule has 0 saturated carbocycles. The molecule has 8 nitrogen and oxygen atoms in total. The fourth-order valence-electron chi connectivity index (χ4n) is 3.13. The van der Waals surface area contributed by atoms with Crippen LogP contribution in [0.5, 0.6) is 5.75 Å². The molecule has 0 aliphatic rings. The number of hydrogen-bond acceptors (Lipinski definition) is 7. The molecule has 8 heteroatoms. The number of carbonyl (C=O) groups is 2. The number of para-hydroxylation sites is 2. The van der Waals surface area contributed by atoms with Crippen LogP contribution in [-0.2, 0) is 0 Å². The van der Waals surface area contributed by atoms with Crippen LogP contribution in [0.3, 0.4) is 0 Å². The number of methoxy groups -OCH3 is 1. The predicted molar refractivity (Wildman–Crippen MR) is 114 cm³/mol. The van der Waals surface area contributed by atoms with E-state index in [1.54, 1.807) is 67.8 Å². The topological polar surface area (TPSA) is 133 Å². The van der Waals surface area contributed by atoms with Crippen molar-refractivity contribution in [3.05, 3.63) is 77.4 Å². The second-order valence-corrected chi connectivity index (χ2v) is 6.53. The molecule has 4 rings (SSSR count). The van der Waals surface area contributed by atoms with E-state index >= 15 is 0 Å². The van der Waals surface area contributed by atoms with Crippen LogP contribution in [0.2, 0.25) is 0 Å². The van der Waals surface area contributed by atoms with E-state index in [1.165, 1.54) is 0 Å². The van der Waals surface area contributed by atoms with Crippen LogP contribution in [0.25, 0.3) is 11.0 Å². The van der Waals surface area contributed by atoms with Crippen LogP contribution >= 0.6 is 0 Å². The van der Waals surface area contributed by atoms with Crippen molar-refractivity contribution in [3.8, 4) is 5.75 Å². The zero-order valence-electron chi connectivity index (χ0n) is 16.0. The molecule has 150 valence electrons. The van der Waals surface area contributed by atoms with Gasteiger partial charge < -0.3 is 26.0 Å². The minimum absolute atomic E-state index is 0.195. The average Bonchev–Trinajstić information content (AvgIpc) is 3.15. The van der Waals surface area contributed by atoms with Gasteiger partial charge >= 0.3 is 0 Å². The maximum atomic E-state index is 13.3. The monoisotopic (exact) mass is 402 g/mol. The quantitative estimate of drug-likeness (QED) is 0.344. The molecule has 1 aromatic heterocycles. The molecule has 0 atom stereocenters. The number of rotatable bonds is 5. The summed E-state index contributed by atoms with van der Waals surface area (Å²) in [6.07, 6.45) is 0. The minimum atomic E-state index is -0.410. The molecule has 0 fully saturated rings. The Morgan fingerprint density at radius 3 is 2.40 bits per heavy atom. The molecule has 0 spiro atoms. The van der Waals surface area contributed by atoms with E-state index in [-0.39, 0.29) is 39.7 Å². The predicted octanol–water partition coefficient (Wildman–Crippen LogP) is 3.48. The maximum Gasteiger partial charge on any atom is 0.255 e. The summed E-state index contributed by atoms with van der Waals surface area (Å²) >= 11 is 0. The lowest BCUT2D eigenvalue weighted by atomic mass is 9.99. The molecule has 3 aromatic carbocycles. The summed E-state index contributed by atoms with van der Waals surface area (Å²) in [6, 6.07) is 16.4. The molecule has 0 saturated heterocycles. The number of nitrogens with two attached hydrogens (primary N) is 2. The van der Waals surface area contributed by atoms with E-state index < -0.39 is 5.91 Å². The number of ketones is 1. The van der Waals surface area contributed by atoms with Gasteiger partial charge in [0.25, 0.3) is 5.91 Å². The van der Waals surface area contributed by atoms with Gasteiger partial charge in [-0.3, -0.25) is 9.59 Å². The highest BCUT2D eigenvalue weighted by Crippen LogP contribution is 2.30. The molecule has 1 amide bonds. The van der Waals surface area contributed by atoms with E-state index in [0.29, 0.717) is 16.7 Å². The lowest BCUT2D eigenvalue weighted by Crippen LogP contribution is -2.17. The van der Waals surface area contributed by atoms with Crippen molar-refractivity contribution < 1.29 is 18.8 Å². The molecular weight excluding hydrogens is 384 g/mol. The molecular formula is C22H18N4O4. The highest BCUT2D eigenvalue weighted by molar-refractivity contribution is 6.21. The Morgan fingerprint density at radius 1 is 0.967 bits per heavy atom. The summed E-state index contributed by atoms with van der Waals surface area (Å²) in [7, 11) is 1.54. The Labute approximate surface area is 171 Å². The third-order valence-corrected chi connectivity index (χ3v) is 4.70. The molecule has 0 aliphatic carbocycles. The molecule has 0 bridgehead atoms. The van der Waals surface area contributed by atoms with E-state index in [4.69, 9.17) is 20.7 Å². The Hall–Kier alpha value is -4.33. The van der Waals surface area contributed by atoms with Crippen LogP contribution in [0.15, 0.2) is 65.2 Å². The zero-order valence-corrected chi connectivity index (χ0v) is 16.0. The van der Waals surface area contributed by atoms with Crippen LogP contribution in [0.1, 0.15) is 26.3 Å². The van der Waals surface area contributed by atoms with Crippen LogP contribution in [0, 0.1) is 0 Å². The lowest BCUT2D eigenvalue weighted by Gasteiger charge is -2.13. The van der Waals surface area contributed by atoms with Crippen molar-refractivity contribution in [3.63, 3.8) is 0 Å². The number of fused-ring (bicyclic) bond motifs is 1. The summed E-state index contributed by atoms with van der Waals surface area (Å²) in [5.41, 5.74) is 13.5. The number of hydrogen-bond donors (Lipinski definition) is 3. The highest BCUT2D eigenvalue weighted by atomic mass is 16.5. The van der Waals surface area contributed by atoms with Gasteiger partial charge in [-0.15, -0.1) is 0 Å². The van der Waals surface area contributed by atoms with Gasteiger partial charge in [0.05, 0.1) is 29.4 Å². The van der Waals surface area contributed by atoms with Gasteiger partial charge in [-0.1, -0.05) is 17.3 Å². The third-order valence-electron chi connectivity index (χ3n) is 4.70. The van der Waals surface area contributed by atoms with E-state index in [0.717, 1.165) is 0 Å². The fourth-order valence-corrected chi connectivity index (χ4v) is 3.13. The smallest absolute Gasteiger partial charge is 0.255 e. The maximum absolute atomic E-state index is 13.3. The Balaban J connectivity index is 1.72. The second kappa shape index (κ2) is 7.59. The lowest BCUT2D eigenvalue weighted by molar-refractivity contribution is 0.102. The highest BCUT2D eigenvalue weighted by Gasteiger charge is 2.22. The van der Waals surface area contributed by atoms with Crippen molar-refractivity contribution in [1.82, 2.24) is 5.16 Å². The molecule has 1 heterocycles. The molecule has 0 radical (unpaired) electrons. The normalized spacial score (nSPS) is 10.7. The summed E-state index contributed by atoms with van der Waals surface area (Å²) in [5, 5.41) is 7.00. The van der Waals surface area contributed by atoms with Crippen molar-refractivity contribution in [1.29, 1.82) is 0 Å². The first kappa shape index (κ1) is 19.0. The van der Waals surface area contributed by atoms with E-state index in [2.05, 4.69) is 10.5 Å². The van der Waals surface area contributed by atoms with Gasteiger partial charge in [0.15, 0.2) is 17.2 Å². The Morgan fingerprint density at radius 2 is 1.67 bits per heavy atom. The Bertz CT molecular complexity index is 1260. The average molecular weight is 402 g/mol. The van der Waals surface area contributed by atoms with Gasteiger partial charge in [0, 0.05) is 11.1 Å². The van der Waals surface area contributed by atoms with Crippen LogP contribution in [0.4, 0.5) is 17.2 Å². The van der Waals surface area contributed by atoms with Gasteiger partial charge in [0.1, 0.15) is 5.75 Å². The van der Waals surface area contributed by atoms with E-state index in [1.807, 2.05) is 0 Å². The van der Waals surface area contributed by atoms with Crippen LogP contribution in [-0.4, -0.2) is 24.0 Å². The standard InChI is InChI=1S/C22H18N4O4/c1-29-13-10-8-12(9-11-13)22(28)25-18-14(4-3-7-17(18)23)19(27)15-5-2-6-16-20(15)30-26-21(16)24/h2-11H,23H2,1H3,(H2,24,26)(H,25,28). The molecule has 0 aliphatic heterocycles. The summed E-state index contributed by atoms with van der Waals surface area (Å²) in [5.74, 6) is 0.0297. The Kier molecular flexibility index (Phi) is 4.81. The minimum Gasteiger partial charge on any atom is -0.497 e. The number of nitrogens with one attached hydrogen (secondary N) is 1.